The summed E-state index contributed by atoms with van der Waals surface area (Å²) in [5.41, 5.74) is -0.559. The number of hydrogen-bond donors (Lipinski definition) is 2. The summed E-state index contributed by atoms with van der Waals surface area (Å²) in [7, 11) is 1.46. The van der Waals surface area contributed by atoms with E-state index in [1.54, 1.807) is 18.2 Å². The molecule has 2 aromatic carbocycles. The van der Waals surface area contributed by atoms with Crippen molar-refractivity contribution in [1.82, 2.24) is 5.32 Å². The number of benzene rings is 2. The minimum atomic E-state index is -4.67. The van der Waals surface area contributed by atoms with Gasteiger partial charge in [0.25, 0.3) is 0 Å². The number of nitrogens with zero attached hydrogens (tertiary/aromatic N) is 1. The lowest BCUT2D eigenvalue weighted by molar-refractivity contribution is -0.137. The van der Waals surface area contributed by atoms with Gasteiger partial charge in [-0.1, -0.05) is 45.4 Å². The molecule has 0 unspecified atom stereocenters. The van der Waals surface area contributed by atoms with Gasteiger partial charge in [-0.2, -0.15) is 18.4 Å². The first kappa shape index (κ1) is 25.9. The van der Waals surface area contributed by atoms with Crippen LogP contribution in [-0.4, -0.2) is 24.7 Å². The average molecular weight is 575 g/mol. The summed E-state index contributed by atoms with van der Waals surface area (Å²) >= 11 is 10.0. The molecule has 2 N–H and O–H groups in total. The Morgan fingerprint density at radius 2 is 2.09 bits per heavy atom. The Morgan fingerprint density at radius 1 is 1.35 bits per heavy atom. The van der Waals surface area contributed by atoms with E-state index < -0.39 is 29.3 Å². The van der Waals surface area contributed by atoms with Gasteiger partial charge in [0.15, 0.2) is 0 Å². The lowest BCUT2D eigenvalue weighted by atomic mass is 9.87. The summed E-state index contributed by atoms with van der Waals surface area (Å²) in [6.45, 7) is 0. The molecular formula is C22H16BrClF3N3O3S. The third kappa shape index (κ3) is 6.05. The van der Waals surface area contributed by atoms with Crippen molar-refractivity contribution in [2.45, 2.75) is 18.5 Å². The highest BCUT2D eigenvalue weighted by Crippen LogP contribution is 2.39. The fourth-order valence-corrected chi connectivity index (χ4v) is 4.81. The van der Waals surface area contributed by atoms with Gasteiger partial charge in [0, 0.05) is 16.8 Å². The number of methoxy groups -OCH3 is 1. The number of carbonyl (C=O) groups is 2. The predicted octanol–water partition coefficient (Wildman–Crippen LogP) is 5.84. The van der Waals surface area contributed by atoms with Crippen LogP contribution in [0.1, 0.15) is 23.5 Å². The summed E-state index contributed by atoms with van der Waals surface area (Å²) < 4.78 is 45.2. The first-order chi connectivity index (χ1) is 16.0. The zero-order chi connectivity index (χ0) is 25.0. The van der Waals surface area contributed by atoms with Crippen molar-refractivity contribution in [2.75, 3.05) is 18.2 Å². The lowest BCUT2D eigenvalue weighted by Gasteiger charge is -2.25. The molecule has 1 aliphatic heterocycles. The molecule has 2 amide bonds. The Morgan fingerprint density at radius 3 is 2.71 bits per heavy atom. The predicted molar refractivity (Wildman–Crippen MR) is 126 cm³/mol. The van der Waals surface area contributed by atoms with Crippen LogP contribution < -0.4 is 15.4 Å². The molecule has 178 valence electrons. The molecule has 0 radical (unpaired) electrons. The Kier molecular flexibility index (Phi) is 8.17. The monoisotopic (exact) mass is 573 g/mol. The number of halogens is 5. The molecule has 1 atom stereocenters. The van der Waals surface area contributed by atoms with E-state index in [1.165, 1.54) is 13.2 Å². The molecule has 1 aliphatic rings. The van der Waals surface area contributed by atoms with Crippen molar-refractivity contribution < 1.29 is 27.5 Å². The molecule has 34 heavy (non-hydrogen) atoms. The Balaban J connectivity index is 1.80. The maximum atomic E-state index is 13.3. The number of allylic oxidation sites excluding steroid dienone is 1. The molecule has 6 nitrogen and oxygen atoms in total. The highest BCUT2D eigenvalue weighted by atomic mass is 79.9. The molecule has 0 aromatic heterocycles. The molecule has 0 saturated carbocycles. The smallest absolute Gasteiger partial charge is 0.418 e. The number of carbonyl (C=O) groups excluding carboxylic acids is 2. The molecule has 3 rings (SSSR count). The van der Waals surface area contributed by atoms with Gasteiger partial charge in [-0.25, -0.2) is 0 Å². The number of nitrogens with one attached hydrogen (secondary N) is 2. The van der Waals surface area contributed by atoms with Crippen LogP contribution in [0.5, 0.6) is 5.75 Å². The lowest BCUT2D eigenvalue weighted by Crippen LogP contribution is -2.31. The third-order valence-corrected chi connectivity index (χ3v) is 6.65. The fraction of sp³-hybridized carbons (Fsp3) is 0.227. The number of thioether (sulfide) groups is 1. The molecule has 12 heteroatoms. The van der Waals surface area contributed by atoms with Gasteiger partial charge >= 0.3 is 6.18 Å². The van der Waals surface area contributed by atoms with E-state index in [-0.39, 0.29) is 33.2 Å². The minimum absolute atomic E-state index is 0.00432. The molecule has 0 spiro atoms. The van der Waals surface area contributed by atoms with Gasteiger partial charge in [0.1, 0.15) is 5.75 Å². The van der Waals surface area contributed by atoms with Crippen molar-refractivity contribution >= 4 is 56.8 Å². The van der Waals surface area contributed by atoms with Crippen LogP contribution in [-0.2, 0) is 15.8 Å². The summed E-state index contributed by atoms with van der Waals surface area (Å²) in [5, 5.41) is 15.0. The summed E-state index contributed by atoms with van der Waals surface area (Å²) in [5.74, 6) is -1.59. The molecule has 1 heterocycles. The van der Waals surface area contributed by atoms with Gasteiger partial charge in [-0.3, -0.25) is 9.59 Å². The van der Waals surface area contributed by atoms with Crippen LogP contribution in [0.2, 0.25) is 5.02 Å². The van der Waals surface area contributed by atoms with Gasteiger partial charge in [-0.15, -0.1) is 0 Å². The van der Waals surface area contributed by atoms with Crippen LogP contribution in [0.4, 0.5) is 18.9 Å². The quantitative estimate of drug-likeness (QED) is 0.452. The molecule has 0 bridgehead atoms. The third-order valence-electron chi connectivity index (χ3n) is 4.84. The van der Waals surface area contributed by atoms with Gasteiger partial charge in [-0.05, 0) is 35.9 Å². The second kappa shape index (κ2) is 10.7. The van der Waals surface area contributed by atoms with Gasteiger partial charge in [0.2, 0.25) is 11.8 Å². The number of hydrogen-bond acceptors (Lipinski definition) is 5. The van der Waals surface area contributed by atoms with Crippen molar-refractivity contribution in [3.05, 3.63) is 67.6 Å². The van der Waals surface area contributed by atoms with E-state index in [1.807, 2.05) is 0 Å². The van der Waals surface area contributed by atoms with E-state index in [4.69, 9.17) is 16.3 Å². The number of rotatable bonds is 6. The second-order valence-electron chi connectivity index (χ2n) is 7.08. The van der Waals surface area contributed by atoms with E-state index in [0.29, 0.717) is 16.3 Å². The van der Waals surface area contributed by atoms with Crippen LogP contribution in [0.3, 0.4) is 0 Å². The van der Waals surface area contributed by atoms with Gasteiger partial charge < -0.3 is 15.4 Å². The zero-order valence-electron chi connectivity index (χ0n) is 17.4. The number of anilines is 1. The fourth-order valence-electron chi connectivity index (χ4n) is 3.30. The molecule has 0 fully saturated rings. The molecule has 2 aromatic rings. The largest absolute Gasteiger partial charge is 0.495 e. The maximum absolute atomic E-state index is 13.3. The van der Waals surface area contributed by atoms with Crippen molar-refractivity contribution in [3.63, 3.8) is 0 Å². The standard InChI is InChI=1S/C22H16BrClF3N3O3S/c1-33-18-5-2-11(6-16(18)24)13-8-19(31)30-21(14(13)9-28)34-10-20(32)29-17-4-3-12(23)7-15(17)22(25,26)27/h2-7,13H,8,10H2,1H3,(H,29,32)(H,30,31)/t13-/m0/s1. The molecule has 0 aliphatic carbocycles. The van der Waals surface area contributed by atoms with Crippen molar-refractivity contribution in [3.8, 4) is 11.8 Å². The molecule has 0 saturated heterocycles. The van der Waals surface area contributed by atoms with Crippen LogP contribution in [0.15, 0.2) is 51.5 Å². The first-order valence-corrected chi connectivity index (χ1v) is 11.8. The zero-order valence-corrected chi connectivity index (χ0v) is 20.6. The van der Waals surface area contributed by atoms with E-state index in [0.717, 1.165) is 23.9 Å². The number of nitriles is 1. The highest BCUT2D eigenvalue weighted by Gasteiger charge is 2.34. The highest BCUT2D eigenvalue weighted by molar-refractivity contribution is 9.10. The number of amides is 2. The van der Waals surface area contributed by atoms with Gasteiger partial charge in [0.05, 0.1) is 45.8 Å². The Hall–Kier alpha value is -2.68. The van der Waals surface area contributed by atoms with E-state index >= 15 is 0 Å². The van der Waals surface area contributed by atoms with Crippen molar-refractivity contribution in [1.29, 1.82) is 5.26 Å². The topological polar surface area (TPSA) is 91.2 Å². The first-order valence-electron chi connectivity index (χ1n) is 9.60. The van der Waals surface area contributed by atoms with Crippen LogP contribution in [0, 0.1) is 11.3 Å². The Labute approximate surface area is 210 Å². The van der Waals surface area contributed by atoms with E-state index in [2.05, 4.69) is 32.6 Å². The minimum Gasteiger partial charge on any atom is -0.495 e. The van der Waals surface area contributed by atoms with E-state index in [9.17, 15) is 28.0 Å². The van der Waals surface area contributed by atoms with Crippen molar-refractivity contribution in [2.24, 2.45) is 0 Å². The Bertz CT molecular complexity index is 1210. The number of alkyl halides is 3. The number of ether oxygens (including phenoxy) is 1. The summed E-state index contributed by atoms with van der Waals surface area (Å²) in [6.07, 6.45) is -4.67. The second-order valence-corrected chi connectivity index (χ2v) is 9.39. The average Bonchev–Trinajstić information content (AvgIpc) is 2.77. The van der Waals surface area contributed by atoms with Crippen LogP contribution >= 0.6 is 39.3 Å². The SMILES string of the molecule is COc1ccc([C@@H]2CC(=O)NC(SCC(=O)Nc3ccc(Br)cc3C(F)(F)F)=C2C#N)cc1Cl. The molecular weight excluding hydrogens is 559 g/mol. The summed E-state index contributed by atoms with van der Waals surface area (Å²) in [4.78, 5) is 24.7. The van der Waals surface area contributed by atoms with Crippen LogP contribution in [0.25, 0.3) is 0 Å². The summed E-state index contributed by atoms with van der Waals surface area (Å²) in [6, 6.07) is 10.4. The maximum Gasteiger partial charge on any atom is 0.418 e. The normalized spacial score (nSPS) is 16.0.